The zero-order valence-corrected chi connectivity index (χ0v) is 11.3. The topological polar surface area (TPSA) is 12.0 Å². The Hall–Kier alpha value is -1.06. The van der Waals surface area contributed by atoms with Gasteiger partial charge in [0.05, 0.1) is 6.04 Å². The molecule has 18 heavy (non-hydrogen) atoms. The monoisotopic (exact) mass is 281 g/mol. The van der Waals surface area contributed by atoms with Crippen LogP contribution >= 0.6 is 22.9 Å². The van der Waals surface area contributed by atoms with Crippen molar-refractivity contribution in [3.8, 4) is 0 Å². The summed E-state index contributed by atoms with van der Waals surface area (Å²) in [6.07, 6.45) is 2.47. The minimum absolute atomic E-state index is 0.280. The van der Waals surface area contributed by atoms with Gasteiger partial charge < -0.3 is 5.32 Å². The molecule has 94 valence electrons. The van der Waals surface area contributed by atoms with E-state index in [9.17, 15) is 4.39 Å². The van der Waals surface area contributed by atoms with Crippen molar-refractivity contribution < 1.29 is 4.39 Å². The molecular weight excluding hydrogens is 269 g/mol. The molecule has 1 saturated carbocycles. The van der Waals surface area contributed by atoms with Crippen LogP contribution in [-0.2, 0) is 0 Å². The first-order valence-corrected chi connectivity index (χ1v) is 7.24. The van der Waals surface area contributed by atoms with E-state index in [-0.39, 0.29) is 11.9 Å². The molecule has 0 amide bonds. The SMILES string of the molecule is Fc1cc(Cl)cc(NC(c2cccs2)C2CC2)c1. The Kier molecular flexibility index (Phi) is 3.27. The van der Waals surface area contributed by atoms with Crippen LogP contribution in [0.1, 0.15) is 23.8 Å². The maximum atomic E-state index is 13.3. The highest BCUT2D eigenvalue weighted by Gasteiger charge is 2.32. The van der Waals surface area contributed by atoms with E-state index < -0.39 is 0 Å². The van der Waals surface area contributed by atoms with Gasteiger partial charge in [0.2, 0.25) is 0 Å². The molecule has 1 fully saturated rings. The molecule has 0 aliphatic heterocycles. The number of nitrogens with one attached hydrogen (secondary N) is 1. The molecule has 0 radical (unpaired) electrons. The van der Waals surface area contributed by atoms with Gasteiger partial charge in [0.25, 0.3) is 0 Å². The fraction of sp³-hybridized carbons (Fsp3) is 0.286. The Morgan fingerprint density at radius 1 is 1.33 bits per heavy atom. The summed E-state index contributed by atoms with van der Waals surface area (Å²) in [6.45, 7) is 0. The Labute approximate surface area is 115 Å². The standard InChI is InChI=1S/C14H13ClFNS/c15-10-6-11(16)8-12(7-10)17-14(9-3-4-9)13-2-1-5-18-13/h1-2,5-9,14,17H,3-4H2. The summed E-state index contributed by atoms with van der Waals surface area (Å²) in [5.74, 6) is 0.358. The molecule has 1 aliphatic carbocycles. The van der Waals surface area contributed by atoms with Gasteiger partial charge in [-0.2, -0.15) is 0 Å². The largest absolute Gasteiger partial charge is 0.377 e. The summed E-state index contributed by atoms with van der Waals surface area (Å²) >= 11 is 7.61. The van der Waals surface area contributed by atoms with Crippen LogP contribution in [0.3, 0.4) is 0 Å². The van der Waals surface area contributed by atoms with Crippen LogP contribution in [0.2, 0.25) is 5.02 Å². The van der Waals surface area contributed by atoms with Crippen molar-refractivity contribution >= 4 is 28.6 Å². The van der Waals surface area contributed by atoms with Gasteiger partial charge in [-0.1, -0.05) is 17.7 Å². The molecule has 2 aromatic rings. The average molecular weight is 282 g/mol. The second kappa shape index (κ2) is 4.90. The second-order valence-electron chi connectivity index (χ2n) is 4.63. The Balaban J connectivity index is 1.84. The third-order valence-corrected chi connectivity index (χ3v) is 4.30. The smallest absolute Gasteiger partial charge is 0.126 e. The molecule has 1 N–H and O–H groups in total. The van der Waals surface area contributed by atoms with Gasteiger partial charge in [0.15, 0.2) is 0 Å². The van der Waals surface area contributed by atoms with E-state index in [0.29, 0.717) is 10.9 Å². The van der Waals surface area contributed by atoms with E-state index in [2.05, 4.69) is 22.8 Å². The number of anilines is 1. The van der Waals surface area contributed by atoms with Gasteiger partial charge >= 0.3 is 0 Å². The van der Waals surface area contributed by atoms with E-state index in [1.165, 1.54) is 29.9 Å². The van der Waals surface area contributed by atoms with Crippen molar-refractivity contribution in [2.24, 2.45) is 5.92 Å². The third kappa shape index (κ3) is 2.68. The van der Waals surface area contributed by atoms with E-state index in [1.807, 2.05) is 0 Å². The van der Waals surface area contributed by atoms with Crippen LogP contribution in [0.5, 0.6) is 0 Å². The van der Waals surface area contributed by atoms with Crippen molar-refractivity contribution in [2.45, 2.75) is 18.9 Å². The van der Waals surface area contributed by atoms with E-state index >= 15 is 0 Å². The summed E-state index contributed by atoms with van der Waals surface area (Å²) in [5.41, 5.74) is 0.755. The van der Waals surface area contributed by atoms with Crippen LogP contribution in [0.4, 0.5) is 10.1 Å². The van der Waals surface area contributed by atoms with Gasteiger partial charge in [-0.05, 0) is 48.4 Å². The molecule has 1 nitrogen and oxygen atoms in total. The second-order valence-corrected chi connectivity index (χ2v) is 6.05. The molecular formula is C14H13ClFNS. The maximum Gasteiger partial charge on any atom is 0.126 e. The number of benzene rings is 1. The van der Waals surface area contributed by atoms with Crippen molar-refractivity contribution in [3.05, 3.63) is 51.4 Å². The normalized spacial score (nSPS) is 16.6. The molecule has 1 atom stereocenters. The lowest BCUT2D eigenvalue weighted by atomic mass is 10.1. The van der Waals surface area contributed by atoms with E-state index in [1.54, 1.807) is 17.4 Å². The van der Waals surface area contributed by atoms with Crippen molar-refractivity contribution in [3.63, 3.8) is 0 Å². The minimum Gasteiger partial charge on any atom is -0.377 e. The Morgan fingerprint density at radius 3 is 2.78 bits per heavy atom. The van der Waals surface area contributed by atoms with Crippen LogP contribution < -0.4 is 5.32 Å². The number of halogens is 2. The number of thiophene rings is 1. The molecule has 1 aliphatic rings. The molecule has 3 rings (SSSR count). The Morgan fingerprint density at radius 2 is 2.17 bits per heavy atom. The molecule has 0 bridgehead atoms. The summed E-state index contributed by atoms with van der Waals surface area (Å²) in [4.78, 5) is 1.30. The number of hydrogen-bond donors (Lipinski definition) is 1. The van der Waals surface area contributed by atoms with E-state index in [4.69, 9.17) is 11.6 Å². The lowest BCUT2D eigenvalue weighted by molar-refractivity contribution is 0.626. The van der Waals surface area contributed by atoms with Gasteiger partial charge in [-0.15, -0.1) is 11.3 Å². The Bertz CT molecular complexity index is 516. The summed E-state index contributed by atoms with van der Waals surface area (Å²) in [7, 11) is 0. The van der Waals surface area contributed by atoms with Crippen molar-refractivity contribution in [1.29, 1.82) is 0 Å². The molecule has 0 spiro atoms. The zero-order valence-electron chi connectivity index (χ0n) is 9.70. The fourth-order valence-electron chi connectivity index (χ4n) is 2.14. The molecule has 1 unspecified atom stereocenters. The maximum absolute atomic E-state index is 13.3. The van der Waals surface area contributed by atoms with E-state index in [0.717, 1.165) is 5.69 Å². The van der Waals surface area contributed by atoms with Gasteiger partial charge in [0, 0.05) is 15.6 Å². The number of rotatable bonds is 4. The van der Waals surface area contributed by atoms with Crippen LogP contribution in [0.15, 0.2) is 35.7 Å². The molecule has 0 saturated heterocycles. The van der Waals surface area contributed by atoms with Crippen molar-refractivity contribution in [1.82, 2.24) is 0 Å². The third-order valence-electron chi connectivity index (χ3n) is 3.13. The highest BCUT2D eigenvalue weighted by molar-refractivity contribution is 7.10. The quantitative estimate of drug-likeness (QED) is 0.822. The highest BCUT2D eigenvalue weighted by Crippen LogP contribution is 2.44. The summed E-state index contributed by atoms with van der Waals surface area (Å²) in [6, 6.07) is 9.05. The molecule has 1 heterocycles. The van der Waals surface area contributed by atoms with Gasteiger partial charge in [0.1, 0.15) is 5.82 Å². The van der Waals surface area contributed by atoms with Gasteiger partial charge in [-0.25, -0.2) is 4.39 Å². The lowest BCUT2D eigenvalue weighted by Crippen LogP contribution is -2.11. The first kappa shape index (κ1) is 12.0. The minimum atomic E-state index is -0.300. The molecule has 4 heteroatoms. The summed E-state index contributed by atoms with van der Waals surface area (Å²) in [5, 5.41) is 5.91. The van der Waals surface area contributed by atoms with Crippen molar-refractivity contribution in [2.75, 3.05) is 5.32 Å². The van der Waals surface area contributed by atoms with Crippen LogP contribution in [-0.4, -0.2) is 0 Å². The molecule has 1 aromatic heterocycles. The average Bonchev–Trinajstić information content (AvgIpc) is 3.00. The zero-order chi connectivity index (χ0) is 12.5. The molecule has 1 aromatic carbocycles. The first-order valence-electron chi connectivity index (χ1n) is 5.98. The lowest BCUT2D eigenvalue weighted by Gasteiger charge is -2.18. The van der Waals surface area contributed by atoms with Gasteiger partial charge in [-0.3, -0.25) is 0 Å². The first-order chi connectivity index (χ1) is 8.72. The summed E-state index contributed by atoms with van der Waals surface area (Å²) < 4.78 is 13.3. The van der Waals surface area contributed by atoms with Crippen LogP contribution in [0, 0.1) is 11.7 Å². The fourth-order valence-corrected chi connectivity index (χ4v) is 3.23. The van der Waals surface area contributed by atoms with Crippen LogP contribution in [0.25, 0.3) is 0 Å². The predicted octanol–water partition coefficient (Wildman–Crippen LogP) is 5.10. The number of hydrogen-bond acceptors (Lipinski definition) is 2. The predicted molar refractivity (Wildman–Crippen MR) is 74.8 cm³/mol. The highest BCUT2D eigenvalue weighted by atomic mass is 35.5.